The van der Waals surface area contributed by atoms with E-state index in [0.29, 0.717) is 11.5 Å². The summed E-state index contributed by atoms with van der Waals surface area (Å²) in [5, 5.41) is 0.134. The number of hydrogen-bond acceptors (Lipinski definition) is 2. The van der Waals surface area contributed by atoms with Crippen molar-refractivity contribution in [3.05, 3.63) is 29.3 Å². The van der Waals surface area contributed by atoms with Gasteiger partial charge in [-0.15, -0.1) is 11.8 Å². The lowest BCUT2D eigenvalue weighted by Crippen LogP contribution is -2.12. The van der Waals surface area contributed by atoms with Gasteiger partial charge in [0.2, 0.25) is 0 Å². The average Bonchev–Trinajstić information content (AvgIpc) is 2.27. The van der Waals surface area contributed by atoms with E-state index in [9.17, 15) is 13.2 Å². The molecule has 1 aromatic rings. The van der Waals surface area contributed by atoms with Crippen molar-refractivity contribution in [3.8, 4) is 0 Å². The Labute approximate surface area is 110 Å². The molecule has 0 spiro atoms. The van der Waals surface area contributed by atoms with Gasteiger partial charge in [-0.3, -0.25) is 0 Å². The second-order valence-electron chi connectivity index (χ2n) is 4.60. The lowest BCUT2D eigenvalue weighted by atomic mass is 10.1. The third-order valence-electron chi connectivity index (χ3n) is 2.84. The van der Waals surface area contributed by atoms with Gasteiger partial charge < -0.3 is 5.73 Å². The Hall–Kier alpha value is -0.680. The Bertz CT molecular complexity index is 402. The SMILES string of the molecule is CC(C)C(C)Sc1ccc(CN)cc1C(F)(F)F. The fourth-order valence-corrected chi connectivity index (χ4v) is 2.49. The molecule has 0 saturated carbocycles. The second-order valence-corrected chi connectivity index (χ2v) is 6.02. The molecule has 1 nitrogen and oxygen atoms in total. The van der Waals surface area contributed by atoms with Crippen molar-refractivity contribution in [2.24, 2.45) is 11.7 Å². The van der Waals surface area contributed by atoms with E-state index in [1.54, 1.807) is 6.07 Å². The van der Waals surface area contributed by atoms with Crippen molar-refractivity contribution in [1.82, 2.24) is 0 Å². The van der Waals surface area contributed by atoms with Crippen molar-refractivity contribution in [2.45, 2.75) is 43.6 Å². The summed E-state index contributed by atoms with van der Waals surface area (Å²) in [5.74, 6) is 0.324. The summed E-state index contributed by atoms with van der Waals surface area (Å²) < 4.78 is 38.9. The molecule has 0 fully saturated rings. The van der Waals surface area contributed by atoms with Gasteiger partial charge in [-0.2, -0.15) is 13.2 Å². The highest BCUT2D eigenvalue weighted by atomic mass is 32.2. The first-order valence-corrected chi connectivity index (χ1v) is 6.70. The summed E-state index contributed by atoms with van der Waals surface area (Å²) in [7, 11) is 0. The number of thioether (sulfide) groups is 1. The molecule has 102 valence electrons. The van der Waals surface area contributed by atoms with Crippen molar-refractivity contribution < 1.29 is 13.2 Å². The van der Waals surface area contributed by atoms with E-state index in [0.717, 1.165) is 6.07 Å². The van der Waals surface area contributed by atoms with Crippen molar-refractivity contribution in [2.75, 3.05) is 0 Å². The third kappa shape index (κ3) is 3.92. The van der Waals surface area contributed by atoms with Crippen LogP contribution in [-0.4, -0.2) is 5.25 Å². The molecule has 0 saturated heterocycles. The predicted molar refractivity (Wildman–Crippen MR) is 69.5 cm³/mol. The molecule has 0 aliphatic heterocycles. The van der Waals surface area contributed by atoms with E-state index in [1.165, 1.54) is 17.8 Å². The van der Waals surface area contributed by atoms with E-state index in [2.05, 4.69) is 0 Å². The van der Waals surface area contributed by atoms with E-state index < -0.39 is 11.7 Å². The van der Waals surface area contributed by atoms with Gasteiger partial charge in [-0.05, 0) is 23.6 Å². The van der Waals surface area contributed by atoms with Crippen LogP contribution in [0.4, 0.5) is 13.2 Å². The molecule has 0 aliphatic carbocycles. The fraction of sp³-hybridized carbons (Fsp3) is 0.538. The fourth-order valence-electron chi connectivity index (χ4n) is 1.36. The van der Waals surface area contributed by atoms with Crippen LogP contribution in [0.2, 0.25) is 0 Å². The van der Waals surface area contributed by atoms with E-state index in [4.69, 9.17) is 5.73 Å². The number of hydrogen-bond donors (Lipinski definition) is 1. The van der Waals surface area contributed by atoms with Crippen molar-refractivity contribution >= 4 is 11.8 Å². The van der Waals surface area contributed by atoms with Gasteiger partial charge in [0.25, 0.3) is 0 Å². The normalized spacial score (nSPS) is 14.0. The van der Waals surface area contributed by atoms with Crippen molar-refractivity contribution in [3.63, 3.8) is 0 Å². The first-order chi connectivity index (χ1) is 8.25. The highest BCUT2D eigenvalue weighted by Gasteiger charge is 2.34. The Morgan fingerprint density at radius 2 is 1.83 bits per heavy atom. The highest BCUT2D eigenvalue weighted by molar-refractivity contribution is 8.00. The number of benzene rings is 1. The number of rotatable bonds is 4. The molecule has 1 rings (SSSR count). The number of halogens is 3. The molecule has 2 N–H and O–H groups in total. The zero-order valence-corrected chi connectivity index (χ0v) is 11.5. The summed E-state index contributed by atoms with van der Waals surface area (Å²) in [5.41, 5.74) is 5.31. The van der Waals surface area contributed by atoms with E-state index in [1.807, 2.05) is 20.8 Å². The smallest absolute Gasteiger partial charge is 0.326 e. The van der Waals surface area contributed by atoms with Gasteiger partial charge in [0.05, 0.1) is 5.56 Å². The third-order valence-corrected chi connectivity index (χ3v) is 4.36. The van der Waals surface area contributed by atoms with Crippen LogP contribution in [0.15, 0.2) is 23.1 Å². The molecule has 0 radical (unpaired) electrons. The van der Waals surface area contributed by atoms with Crippen LogP contribution in [0.3, 0.4) is 0 Å². The van der Waals surface area contributed by atoms with Crippen LogP contribution in [0.1, 0.15) is 31.9 Å². The summed E-state index contributed by atoms with van der Waals surface area (Å²) >= 11 is 1.26. The number of alkyl halides is 3. The highest BCUT2D eigenvalue weighted by Crippen LogP contribution is 2.39. The molecule has 5 heteroatoms. The van der Waals surface area contributed by atoms with Crippen LogP contribution in [0.5, 0.6) is 0 Å². The maximum Gasteiger partial charge on any atom is 0.417 e. The summed E-state index contributed by atoms with van der Waals surface area (Å²) in [6.07, 6.45) is -4.33. The van der Waals surface area contributed by atoms with Crippen LogP contribution in [0.25, 0.3) is 0 Å². The Balaban J connectivity index is 3.11. The van der Waals surface area contributed by atoms with Gasteiger partial charge in [-0.1, -0.05) is 26.8 Å². The zero-order chi connectivity index (χ0) is 13.9. The first-order valence-electron chi connectivity index (χ1n) is 5.82. The Morgan fingerprint density at radius 1 is 1.22 bits per heavy atom. The summed E-state index contributed by atoms with van der Waals surface area (Å²) in [6, 6.07) is 4.33. The van der Waals surface area contributed by atoms with Crippen LogP contribution in [0, 0.1) is 5.92 Å². The van der Waals surface area contributed by atoms with Crippen LogP contribution < -0.4 is 5.73 Å². The molecule has 1 unspecified atom stereocenters. The largest absolute Gasteiger partial charge is 0.417 e. The second kappa shape index (κ2) is 5.97. The maximum absolute atomic E-state index is 13.0. The van der Waals surface area contributed by atoms with Crippen LogP contribution in [-0.2, 0) is 12.7 Å². The predicted octanol–water partition coefficient (Wildman–Crippen LogP) is 4.30. The number of nitrogens with two attached hydrogens (primary N) is 1. The molecule has 0 bridgehead atoms. The lowest BCUT2D eigenvalue weighted by Gasteiger charge is -2.19. The summed E-state index contributed by atoms with van der Waals surface area (Å²) in [4.78, 5) is 0.279. The van der Waals surface area contributed by atoms with E-state index in [-0.39, 0.29) is 16.7 Å². The topological polar surface area (TPSA) is 26.0 Å². The summed E-state index contributed by atoms with van der Waals surface area (Å²) in [6.45, 7) is 6.05. The minimum absolute atomic E-state index is 0.119. The van der Waals surface area contributed by atoms with Gasteiger partial charge in [0.1, 0.15) is 0 Å². The Kier molecular flexibility index (Phi) is 5.10. The molecule has 0 heterocycles. The molecule has 0 aliphatic rings. The molecule has 1 aromatic carbocycles. The van der Waals surface area contributed by atoms with Gasteiger partial charge in [0.15, 0.2) is 0 Å². The minimum atomic E-state index is -4.33. The van der Waals surface area contributed by atoms with Gasteiger partial charge in [0, 0.05) is 16.7 Å². The monoisotopic (exact) mass is 277 g/mol. The quantitative estimate of drug-likeness (QED) is 0.830. The maximum atomic E-state index is 13.0. The molecule has 0 aromatic heterocycles. The lowest BCUT2D eigenvalue weighted by molar-refractivity contribution is -0.139. The molecular formula is C13H18F3NS. The van der Waals surface area contributed by atoms with Gasteiger partial charge in [-0.25, -0.2) is 0 Å². The zero-order valence-electron chi connectivity index (χ0n) is 10.7. The van der Waals surface area contributed by atoms with E-state index >= 15 is 0 Å². The van der Waals surface area contributed by atoms with Gasteiger partial charge >= 0.3 is 6.18 Å². The molecule has 18 heavy (non-hydrogen) atoms. The van der Waals surface area contributed by atoms with Crippen LogP contribution >= 0.6 is 11.8 Å². The minimum Gasteiger partial charge on any atom is -0.326 e. The first kappa shape index (κ1) is 15.4. The molecule has 0 amide bonds. The average molecular weight is 277 g/mol. The molecular weight excluding hydrogens is 259 g/mol. The Morgan fingerprint density at radius 3 is 2.28 bits per heavy atom. The molecule has 1 atom stereocenters. The standard InChI is InChI=1S/C13H18F3NS/c1-8(2)9(3)18-12-5-4-10(7-17)6-11(12)13(14,15)16/h4-6,8-9H,7,17H2,1-3H3. The van der Waals surface area contributed by atoms with Crippen molar-refractivity contribution in [1.29, 1.82) is 0 Å².